The molecule has 8 nitrogen and oxygen atoms in total. The van der Waals surface area contributed by atoms with Gasteiger partial charge in [-0.3, -0.25) is 5.32 Å². The highest BCUT2D eigenvalue weighted by Crippen LogP contribution is 2.34. The minimum atomic E-state index is -1.20. The van der Waals surface area contributed by atoms with Crippen molar-refractivity contribution in [3.8, 4) is 33.9 Å². The van der Waals surface area contributed by atoms with Crippen LogP contribution in [0.25, 0.3) is 22.4 Å². The van der Waals surface area contributed by atoms with E-state index in [0.717, 1.165) is 40.2 Å². The lowest BCUT2D eigenvalue weighted by atomic mass is 9.93. The van der Waals surface area contributed by atoms with Gasteiger partial charge in [-0.1, -0.05) is 66.5 Å². The smallest absolute Gasteiger partial charge is 0.411 e. The number of aromatic amines is 1. The number of ether oxygens (including phenoxy) is 2. The summed E-state index contributed by atoms with van der Waals surface area (Å²) in [6, 6.07) is 25.6. The minimum absolute atomic E-state index is 0.0780. The summed E-state index contributed by atoms with van der Waals surface area (Å²) in [7, 11) is 0. The molecule has 0 radical (unpaired) electrons. The molecule has 0 bridgehead atoms. The average molecular weight is 631 g/mol. The molecular formula is C34H29Cl2N3O5. The van der Waals surface area contributed by atoms with E-state index >= 15 is 0 Å². The molecular weight excluding hydrogens is 601 g/mol. The van der Waals surface area contributed by atoms with Gasteiger partial charge in [0.05, 0.1) is 34.8 Å². The molecule has 10 heteroatoms. The lowest BCUT2D eigenvalue weighted by molar-refractivity contribution is 0.0697. The molecule has 0 spiro atoms. The van der Waals surface area contributed by atoms with E-state index in [2.05, 4.69) is 46.5 Å². The summed E-state index contributed by atoms with van der Waals surface area (Å²) in [6.45, 7) is 3.95. The first-order valence-corrected chi connectivity index (χ1v) is 14.7. The summed E-state index contributed by atoms with van der Waals surface area (Å²) in [4.78, 5) is 31.6. The van der Waals surface area contributed by atoms with Crippen LogP contribution in [-0.2, 0) is 4.74 Å². The van der Waals surface area contributed by atoms with Crippen LogP contribution in [0.4, 0.5) is 10.5 Å². The Morgan fingerprint density at radius 2 is 1.59 bits per heavy atom. The SMILES string of the molecule is CCOC(=O)Nc1ccc(Oc2ccc(-c3ccc(C(CC)c4ncc(-c5ccc(Cl)cc5Cl)[nH]4)cc3)cc2)cc1C(=O)O. The van der Waals surface area contributed by atoms with E-state index in [1.165, 1.54) is 12.1 Å². The van der Waals surface area contributed by atoms with Gasteiger partial charge in [0.15, 0.2) is 0 Å². The van der Waals surface area contributed by atoms with Crippen LogP contribution in [0.5, 0.6) is 11.5 Å². The first kappa shape index (κ1) is 30.7. The third-order valence-corrected chi connectivity index (χ3v) is 7.57. The number of carboxylic acids is 1. The number of aromatic carboxylic acids is 1. The average Bonchev–Trinajstić information content (AvgIpc) is 3.48. The highest BCUT2D eigenvalue weighted by atomic mass is 35.5. The molecule has 44 heavy (non-hydrogen) atoms. The molecule has 1 atom stereocenters. The molecule has 0 aliphatic carbocycles. The molecule has 0 aliphatic rings. The number of carboxylic acid groups (broad SMARTS) is 1. The molecule has 0 fully saturated rings. The van der Waals surface area contributed by atoms with Gasteiger partial charge in [-0.2, -0.15) is 0 Å². The Morgan fingerprint density at radius 3 is 2.23 bits per heavy atom. The van der Waals surface area contributed by atoms with Crippen molar-refractivity contribution in [1.82, 2.24) is 9.97 Å². The fourth-order valence-corrected chi connectivity index (χ4v) is 5.37. The summed E-state index contributed by atoms with van der Waals surface area (Å²) in [5.74, 6) is 0.588. The van der Waals surface area contributed by atoms with Crippen molar-refractivity contribution in [2.75, 3.05) is 11.9 Å². The summed E-state index contributed by atoms with van der Waals surface area (Å²) in [5, 5.41) is 13.2. The maximum absolute atomic E-state index is 11.8. The standard InChI is InChI=1S/C34H29Cl2N3O5/c1-3-26(32-37-19-31(38-32)27-15-11-23(35)17-29(27)36)22-7-5-20(6-8-22)21-9-12-24(13-10-21)44-25-14-16-30(28(18-25)33(40)41)39-34(42)43-4-2/h5-19,26H,3-4H2,1-2H3,(H,37,38)(H,39,42)(H,40,41). The van der Waals surface area contributed by atoms with Crippen LogP contribution in [0.3, 0.4) is 0 Å². The fraction of sp³-hybridized carbons (Fsp3) is 0.147. The first-order chi connectivity index (χ1) is 21.2. The van der Waals surface area contributed by atoms with Crippen molar-refractivity contribution in [3.05, 3.63) is 118 Å². The summed E-state index contributed by atoms with van der Waals surface area (Å²) in [6.07, 6.45) is 1.92. The molecule has 5 rings (SSSR count). The largest absolute Gasteiger partial charge is 0.478 e. The number of benzene rings is 4. The number of nitrogens with zero attached hydrogens (tertiary/aromatic N) is 1. The van der Waals surface area contributed by atoms with E-state index in [4.69, 9.17) is 32.7 Å². The van der Waals surface area contributed by atoms with Crippen molar-refractivity contribution in [2.45, 2.75) is 26.2 Å². The second-order valence-corrected chi connectivity index (χ2v) is 10.7. The normalized spacial score (nSPS) is 11.5. The van der Waals surface area contributed by atoms with Gasteiger partial charge in [0, 0.05) is 16.5 Å². The van der Waals surface area contributed by atoms with Crippen LogP contribution in [0.1, 0.15) is 47.9 Å². The molecule has 5 aromatic rings. The molecule has 1 aromatic heterocycles. The molecule has 4 aromatic carbocycles. The molecule has 224 valence electrons. The van der Waals surface area contributed by atoms with Crippen molar-refractivity contribution < 1.29 is 24.2 Å². The number of amides is 1. The second-order valence-electron chi connectivity index (χ2n) is 9.87. The van der Waals surface area contributed by atoms with Crippen molar-refractivity contribution in [2.24, 2.45) is 0 Å². The first-order valence-electron chi connectivity index (χ1n) is 13.9. The molecule has 0 aliphatic heterocycles. The summed E-state index contributed by atoms with van der Waals surface area (Å²) < 4.78 is 10.7. The van der Waals surface area contributed by atoms with E-state index in [0.29, 0.717) is 21.5 Å². The second kappa shape index (κ2) is 13.7. The number of nitrogens with one attached hydrogen (secondary N) is 2. The number of hydrogen-bond acceptors (Lipinski definition) is 5. The van der Waals surface area contributed by atoms with Crippen LogP contribution in [-0.4, -0.2) is 33.7 Å². The Hall–Kier alpha value is -4.79. The Balaban J connectivity index is 1.28. The number of aromatic nitrogens is 2. The monoisotopic (exact) mass is 629 g/mol. The number of rotatable bonds is 10. The van der Waals surface area contributed by atoms with Crippen molar-refractivity contribution in [3.63, 3.8) is 0 Å². The van der Waals surface area contributed by atoms with Crippen LogP contribution < -0.4 is 10.1 Å². The molecule has 0 saturated heterocycles. The number of imidazole rings is 1. The van der Waals surface area contributed by atoms with E-state index in [1.54, 1.807) is 31.3 Å². The van der Waals surface area contributed by atoms with Gasteiger partial charge in [-0.25, -0.2) is 14.6 Å². The quantitative estimate of drug-likeness (QED) is 0.142. The van der Waals surface area contributed by atoms with Gasteiger partial charge in [-0.05, 0) is 78.6 Å². The zero-order chi connectivity index (χ0) is 31.2. The summed E-state index contributed by atoms with van der Waals surface area (Å²) >= 11 is 12.5. The number of H-pyrrole nitrogens is 1. The predicted octanol–water partition coefficient (Wildman–Crippen LogP) is 9.65. The highest BCUT2D eigenvalue weighted by molar-refractivity contribution is 6.36. The van der Waals surface area contributed by atoms with Crippen LogP contribution >= 0.6 is 23.2 Å². The number of carbonyl (C=O) groups is 2. The zero-order valence-electron chi connectivity index (χ0n) is 23.9. The van der Waals surface area contributed by atoms with E-state index in [1.807, 2.05) is 30.3 Å². The van der Waals surface area contributed by atoms with Crippen LogP contribution in [0, 0.1) is 0 Å². The van der Waals surface area contributed by atoms with E-state index in [-0.39, 0.29) is 23.8 Å². The topological polar surface area (TPSA) is 114 Å². The van der Waals surface area contributed by atoms with Crippen LogP contribution in [0.15, 0.2) is 91.1 Å². The minimum Gasteiger partial charge on any atom is -0.478 e. The van der Waals surface area contributed by atoms with Gasteiger partial charge in [0.1, 0.15) is 17.3 Å². The van der Waals surface area contributed by atoms with Crippen molar-refractivity contribution >= 4 is 41.0 Å². The Bertz CT molecular complexity index is 1790. The lowest BCUT2D eigenvalue weighted by Gasteiger charge is -2.14. The van der Waals surface area contributed by atoms with Gasteiger partial charge in [-0.15, -0.1) is 0 Å². The van der Waals surface area contributed by atoms with Gasteiger partial charge >= 0.3 is 12.1 Å². The zero-order valence-corrected chi connectivity index (χ0v) is 25.4. The number of hydrogen-bond donors (Lipinski definition) is 3. The number of anilines is 1. The Labute approximate surface area is 264 Å². The number of halogens is 2. The van der Waals surface area contributed by atoms with E-state index < -0.39 is 12.1 Å². The lowest BCUT2D eigenvalue weighted by Crippen LogP contribution is -2.15. The maximum Gasteiger partial charge on any atom is 0.411 e. The van der Waals surface area contributed by atoms with Gasteiger partial charge in [0.25, 0.3) is 0 Å². The summed E-state index contributed by atoms with van der Waals surface area (Å²) in [5.41, 5.74) is 4.85. The van der Waals surface area contributed by atoms with Gasteiger partial charge in [0.2, 0.25) is 0 Å². The van der Waals surface area contributed by atoms with Crippen molar-refractivity contribution in [1.29, 1.82) is 0 Å². The predicted molar refractivity (Wildman–Crippen MR) is 172 cm³/mol. The maximum atomic E-state index is 11.8. The molecule has 0 saturated carbocycles. The molecule has 1 unspecified atom stereocenters. The third kappa shape index (κ3) is 7.05. The van der Waals surface area contributed by atoms with E-state index in [9.17, 15) is 14.7 Å². The number of carbonyl (C=O) groups excluding carboxylic acids is 1. The van der Waals surface area contributed by atoms with Crippen LogP contribution in [0.2, 0.25) is 10.0 Å². The molecule has 3 N–H and O–H groups in total. The molecule has 1 heterocycles. The van der Waals surface area contributed by atoms with Gasteiger partial charge < -0.3 is 19.6 Å². The highest BCUT2D eigenvalue weighted by Gasteiger charge is 2.18. The third-order valence-electron chi connectivity index (χ3n) is 7.03. The molecule has 1 amide bonds. The Morgan fingerprint density at radius 1 is 0.909 bits per heavy atom. The Kier molecular flexibility index (Phi) is 9.53. The fourth-order valence-electron chi connectivity index (χ4n) is 4.85.